The summed E-state index contributed by atoms with van der Waals surface area (Å²) in [6, 6.07) is 3.60. The highest BCUT2D eigenvalue weighted by Crippen LogP contribution is 2.16. The van der Waals surface area contributed by atoms with Crippen molar-refractivity contribution in [3.63, 3.8) is 0 Å². The van der Waals surface area contributed by atoms with Crippen LogP contribution in [-0.4, -0.2) is 39.3 Å². The van der Waals surface area contributed by atoms with Crippen molar-refractivity contribution in [1.29, 1.82) is 0 Å². The lowest BCUT2D eigenvalue weighted by molar-refractivity contribution is 0.0696. The quantitative estimate of drug-likeness (QED) is 0.814. The van der Waals surface area contributed by atoms with Crippen LogP contribution in [0.2, 0.25) is 0 Å². The highest BCUT2D eigenvalue weighted by atomic mass is 32.2. The van der Waals surface area contributed by atoms with Crippen molar-refractivity contribution >= 4 is 16.0 Å². The minimum Gasteiger partial charge on any atom is -0.478 e. The Kier molecular flexibility index (Phi) is 5.04. The van der Waals surface area contributed by atoms with Crippen LogP contribution < -0.4 is 4.72 Å². The molecule has 1 rings (SSSR count). The van der Waals surface area contributed by atoms with Gasteiger partial charge in [0.25, 0.3) is 0 Å². The SMILES string of the molecule is COCC(C)NS(=O)(=O)c1ccc(C)c(C(=O)O)c1. The van der Waals surface area contributed by atoms with Gasteiger partial charge in [0.1, 0.15) is 0 Å². The summed E-state index contributed by atoms with van der Waals surface area (Å²) in [5.74, 6) is -1.15. The molecule has 106 valence electrons. The summed E-state index contributed by atoms with van der Waals surface area (Å²) in [5, 5.41) is 8.99. The molecule has 0 aromatic heterocycles. The number of hydrogen-bond acceptors (Lipinski definition) is 4. The van der Waals surface area contributed by atoms with Crippen LogP contribution in [0.4, 0.5) is 0 Å². The number of methoxy groups -OCH3 is 1. The van der Waals surface area contributed by atoms with Gasteiger partial charge in [-0.15, -0.1) is 0 Å². The van der Waals surface area contributed by atoms with Gasteiger partial charge in [-0.05, 0) is 31.5 Å². The Bertz CT molecular complexity index is 567. The molecule has 19 heavy (non-hydrogen) atoms. The van der Waals surface area contributed by atoms with Gasteiger partial charge in [0.2, 0.25) is 10.0 Å². The molecule has 1 aromatic rings. The van der Waals surface area contributed by atoms with E-state index in [1.165, 1.54) is 19.2 Å². The van der Waals surface area contributed by atoms with E-state index in [4.69, 9.17) is 9.84 Å². The van der Waals surface area contributed by atoms with Crippen LogP contribution in [0.25, 0.3) is 0 Å². The fraction of sp³-hybridized carbons (Fsp3) is 0.417. The summed E-state index contributed by atoms with van der Waals surface area (Å²) >= 11 is 0. The summed E-state index contributed by atoms with van der Waals surface area (Å²) in [6.45, 7) is 3.51. The average Bonchev–Trinajstić information content (AvgIpc) is 2.28. The Morgan fingerprint density at radius 3 is 2.63 bits per heavy atom. The van der Waals surface area contributed by atoms with E-state index >= 15 is 0 Å². The predicted octanol–water partition coefficient (Wildman–Crippen LogP) is 1.01. The molecule has 0 spiro atoms. The molecule has 0 radical (unpaired) electrons. The van der Waals surface area contributed by atoms with Crippen LogP contribution in [0.3, 0.4) is 0 Å². The molecule has 1 aromatic carbocycles. The van der Waals surface area contributed by atoms with Crippen molar-refractivity contribution < 1.29 is 23.1 Å². The number of aryl methyl sites for hydroxylation is 1. The van der Waals surface area contributed by atoms with Crippen LogP contribution in [0, 0.1) is 6.92 Å². The van der Waals surface area contributed by atoms with Gasteiger partial charge in [-0.1, -0.05) is 6.07 Å². The fourth-order valence-electron chi connectivity index (χ4n) is 1.62. The first-order valence-electron chi connectivity index (χ1n) is 5.63. The molecule has 7 heteroatoms. The molecule has 6 nitrogen and oxygen atoms in total. The predicted molar refractivity (Wildman–Crippen MR) is 69.8 cm³/mol. The minimum atomic E-state index is -3.75. The molecule has 2 N–H and O–H groups in total. The maximum atomic E-state index is 12.0. The Labute approximate surface area is 112 Å². The average molecular weight is 287 g/mol. The molecule has 0 bridgehead atoms. The van der Waals surface area contributed by atoms with Gasteiger partial charge in [0, 0.05) is 13.2 Å². The van der Waals surface area contributed by atoms with Gasteiger partial charge in [-0.3, -0.25) is 0 Å². The summed E-state index contributed by atoms with van der Waals surface area (Å²) < 4.78 is 31.3. The molecule has 0 saturated carbocycles. The third kappa shape index (κ3) is 4.02. The fourth-order valence-corrected chi connectivity index (χ4v) is 2.87. The highest BCUT2D eigenvalue weighted by Gasteiger charge is 2.19. The van der Waals surface area contributed by atoms with Crippen molar-refractivity contribution in [2.45, 2.75) is 24.8 Å². The Morgan fingerprint density at radius 1 is 1.47 bits per heavy atom. The Morgan fingerprint density at radius 2 is 2.11 bits per heavy atom. The first-order valence-corrected chi connectivity index (χ1v) is 7.11. The summed E-state index contributed by atoms with van der Waals surface area (Å²) in [5.41, 5.74) is 0.485. The number of ether oxygens (including phenoxy) is 1. The summed E-state index contributed by atoms with van der Waals surface area (Å²) in [6.07, 6.45) is 0. The molecule has 0 heterocycles. The van der Waals surface area contributed by atoms with Crippen LogP contribution in [0.5, 0.6) is 0 Å². The third-order valence-electron chi connectivity index (χ3n) is 2.52. The van der Waals surface area contributed by atoms with E-state index in [0.29, 0.717) is 5.56 Å². The second-order valence-corrected chi connectivity index (χ2v) is 5.97. The first-order chi connectivity index (χ1) is 8.77. The molecule has 0 fully saturated rings. The lowest BCUT2D eigenvalue weighted by Crippen LogP contribution is -2.35. The van der Waals surface area contributed by atoms with E-state index in [0.717, 1.165) is 6.07 Å². The molecule has 0 aliphatic rings. The van der Waals surface area contributed by atoms with Crippen molar-refractivity contribution in [2.24, 2.45) is 0 Å². The van der Waals surface area contributed by atoms with Gasteiger partial charge in [-0.25, -0.2) is 17.9 Å². The van der Waals surface area contributed by atoms with Crippen LogP contribution >= 0.6 is 0 Å². The van der Waals surface area contributed by atoms with Crippen LogP contribution in [-0.2, 0) is 14.8 Å². The lowest BCUT2D eigenvalue weighted by atomic mass is 10.1. The number of carboxylic acid groups (broad SMARTS) is 1. The van der Waals surface area contributed by atoms with Gasteiger partial charge < -0.3 is 9.84 Å². The van der Waals surface area contributed by atoms with Crippen molar-refractivity contribution in [1.82, 2.24) is 4.72 Å². The van der Waals surface area contributed by atoms with Crippen LogP contribution in [0.1, 0.15) is 22.8 Å². The second-order valence-electron chi connectivity index (χ2n) is 4.26. The third-order valence-corrected chi connectivity index (χ3v) is 4.11. The van der Waals surface area contributed by atoms with E-state index in [9.17, 15) is 13.2 Å². The van der Waals surface area contributed by atoms with E-state index in [1.807, 2.05) is 0 Å². The number of hydrogen-bond donors (Lipinski definition) is 2. The number of sulfonamides is 1. The molecule has 0 saturated heterocycles. The van der Waals surface area contributed by atoms with Crippen molar-refractivity contribution in [3.05, 3.63) is 29.3 Å². The summed E-state index contributed by atoms with van der Waals surface area (Å²) in [4.78, 5) is 10.9. The van der Waals surface area contributed by atoms with E-state index in [-0.39, 0.29) is 17.1 Å². The molecular weight excluding hydrogens is 270 g/mol. The number of carbonyl (C=O) groups is 1. The Hall–Kier alpha value is -1.44. The summed E-state index contributed by atoms with van der Waals surface area (Å²) in [7, 11) is -2.28. The van der Waals surface area contributed by atoms with E-state index < -0.39 is 22.0 Å². The monoisotopic (exact) mass is 287 g/mol. The van der Waals surface area contributed by atoms with Gasteiger partial charge in [0.15, 0.2) is 0 Å². The smallest absolute Gasteiger partial charge is 0.335 e. The molecule has 0 aliphatic heterocycles. The minimum absolute atomic E-state index is 0.0257. The second kappa shape index (κ2) is 6.14. The van der Waals surface area contributed by atoms with Crippen molar-refractivity contribution in [3.8, 4) is 0 Å². The number of carboxylic acids is 1. The number of aromatic carboxylic acids is 1. The zero-order valence-corrected chi connectivity index (χ0v) is 11.8. The molecule has 0 aliphatic carbocycles. The Balaban J connectivity index is 3.08. The molecular formula is C12H17NO5S. The number of benzene rings is 1. The normalized spacial score (nSPS) is 13.2. The maximum Gasteiger partial charge on any atom is 0.335 e. The molecule has 1 unspecified atom stereocenters. The molecule has 1 atom stereocenters. The zero-order valence-electron chi connectivity index (χ0n) is 11.0. The molecule has 0 amide bonds. The maximum absolute atomic E-state index is 12.0. The topological polar surface area (TPSA) is 92.7 Å². The van der Waals surface area contributed by atoms with E-state index in [2.05, 4.69) is 4.72 Å². The largest absolute Gasteiger partial charge is 0.478 e. The van der Waals surface area contributed by atoms with Gasteiger partial charge >= 0.3 is 5.97 Å². The van der Waals surface area contributed by atoms with Gasteiger partial charge in [0.05, 0.1) is 17.1 Å². The number of nitrogens with one attached hydrogen (secondary N) is 1. The number of rotatable bonds is 6. The lowest BCUT2D eigenvalue weighted by Gasteiger charge is -2.14. The van der Waals surface area contributed by atoms with Crippen LogP contribution in [0.15, 0.2) is 23.1 Å². The highest BCUT2D eigenvalue weighted by molar-refractivity contribution is 7.89. The van der Waals surface area contributed by atoms with Crippen molar-refractivity contribution in [2.75, 3.05) is 13.7 Å². The standard InChI is InChI=1S/C12H17NO5S/c1-8-4-5-10(6-11(8)12(14)15)19(16,17)13-9(2)7-18-3/h4-6,9,13H,7H2,1-3H3,(H,14,15). The first kappa shape index (κ1) is 15.6. The van der Waals surface area contributed by atoms with Gasteiger partial charge in [-0.2, -0.15) is 0 Å². The van der Waals surface area contributed by atoms with E-state index in [1.54, 1.807) is 13.8 Å². The zero-order chi connectivity index (χ0) is 14.6.